The average molecular weight is 433 g/mol. The molecule has 32 heavy (non-hydrogen) atoms. The lowest BCUT2D eigenvalue weighted by Gasteiger charge is -2.38. The van der Waals surface area contributed by atoms with Crippen molar-refractivity contribution in [2.75, 3.05) is 7.11 Å². The number of ether oxygens (including phenoxy) is 1. The molecule has 0 heterocycles. The van der Waals surface area contributed by atoms with E-state index in [1.807, 2.05) is 0 Å². The van der Waals surface area contributed by atoms with Crippen LogP contribution in [0, 0.1) is 5.92 Å². The molecule has 0 aliphatic heterocycles. The van der Waals surface area contributed by atoms with Gasteiger partial charge in [0.05, 0.1) is 13.0 Å². The highest BCUT2D eigenvalue weighted by Crippen LogP contribution is 2.43. The number of hydrogen-bond donors (Lipinski definition) is 0. The molecule has 0 N–H and O–H groups in total. The first-order chi connectivity index (χ1) is 15.6. The molecule has 2 aromatic carbocycles. The van der Waals surface area contributed by atoms with Crippen molar-refractivity contribution in [3.8, 4) is 11.1 Å². The van der Waals surface area contributed by atoms with E-state index in [4.69, 9.17) is 4.74 Å². The first-order valence-electron chi connectivity index (χ1n) is 12.4. The van der Waals surface area contributed by atoms with Crippen LogP contribution in [-0.4, -0.2) is 19.4 Å². The van der Waals surface area contributed by atoms with Crippen molar-refractivity contribution >= 4 is 12.3 Å². The molecule has 0 aromatic heterocycles. The number of esters is 1. The summed E-state index contributed by atoms with van der Waals surface area (Å²) in [6, 6.07) is 18.1. The summed E-state index contributed by atoms with van der Waals surface area (Å²) in [5.74, 6) is 0.563. The predicted molar refractivity (Wildman–Crippen MR) is 129 cm³/mol. The van der Waals surface area contributed by atoms with Crippen molar-refractivity contribution in [1.82, 2.24) is 0 Å². The van der Waals surface area contributed by atoms with E-state index in [0.717, 1.165) is 38.4 Å². The second kappa shape index (κ2) is 10.5. The molecule has 0 amide bonds. The van der Waals surface area contributed by atoms with Gasteiger partial charge in [-0.15, -0.1) is 0 Å². The molecule has 0 spiro atoms. The highest BCUT2D eigenvalue weighted by Gasteiger charge is 2.33. The van der Waals surface area contributed by atoms with Gasteiger partial charge in [-0.05, 0) is 78.5 Å². The maximum atomic E-state index is 11.8. The van der Waals surface area contributed by atoms with Gasteiger partial charge in [-0.25, -0.2) is 0 Å². The zero-order chi connectivity index (χ0) is 22.4. The molecule has 2 aliphatic rings. The van der Waals surface area contributed by atoms with Crippen LogP contribution in [0.25, 0.3) is 11.1 Å². The predicted octanol–water partition coefficient (Wildman–Crippen LogP) is 6.98. The van der Waals surface area contributed by atoms with Gasteiger partial charge in [-0.3, -0.25) is 4.79 Å². The summed E-state index contributed by atoms with van der Waals surface area (Å²) in [6.07, 6.45) is 12.9. The summed E-state index contributed by atoms with van der Waals surface area (Å²) in [5.41, 5.74) is 5.46. The third kappa shape index (κ3) is 4.98. The lowest BCUT2D eigenvalue weighted by molar-refractivity contribution is -0.146. The van der Waals surface area contributed by atoms with Gasteiger partial charge in [0.25, 0.3) is 0 Å². The van der Waals surface area contributed by atoms with Crippen LogP contribution in [0.5, 0.6) is 0 Å². The minimum atomic E-state index is -0.0524. The normalized spacial score (nSPS) is 22.8. The molecule has 3 heteroatoms. The molecular weight excluding hydrogens is 396 g/mol. The first-order valence-corrected chi connectivity index (χ1v) is 12.4. The Bertz CT molecular complexity index is 883. The van der Waals surface area contributed by atoms with Gasteiger partial charge >= 0.3 is 5.97 Å². The monoisotopic (exact) mass is 432 g/mol. The fourth-order valence-corrected chi connectivity index (χ4v) is 6.04. The molecule has 0 radical (unpaired) electrons. The number of aldehydes is 1. The standard InChI is InChI=1S/C29H36O3/c1-32-28(31)26-12-10-24(11-13-26)22-6-8-23(9-7-22)25-14-16-27(17-15-25)29(20-5-21-30)18-3-2-4-19-29/h6-9,14-17,21,24,26H,2-5,10-13,18-20H2,1H3. The molecule has 0 atom stereocenters. The van der Waals surface area contributed by atoms with Crippen molar-refractivity contribution in [1.29, 1.82) is 0 Å². The Kier molecular flexibility index (Phi) is 7.44. The summed E-state index contributed by atoms with van der Waals surface area (Å²) < 4.78 is 4.91. The Balaban J connectivity index is 1.43. The third-order valence-corrected chi connectivity index (χ3v) is 8.03. The Morgan fingerprint density at radius 1 is 0.906 bits per heavy atom. The van der Waals surface area contributed by atoms with Gasteiger partial charge in [0.1, 0.15) is 6.29 Å². The highest BCUT2D eigenvalue weighted by atomic mass is 16.5. The van der Waals surface area contributed by atoms with E-state index in [-0.39, 0.29) is 17.3 Å². The molecule has 0 bridgehead atoms. The zero-order valence-corrected chi connectivity index (χ0v) is 19.4. The molecule has 2 aromatic rings. The number of hydrogen-bond acceptors (Lipinski definition) is 3. The number of benzene rings is 2. The maximum Gasteiger partial charge on any atom is 0.308 e. The number of carbonyl (C=O) groups is 2. The van der Waals surface area contributed by atoms with E-state index in [2.05, 4.69) is 48.5 Å². The van der Waals surface area contributed by atoms with Crippen LogP contribution in [0.4, 0.5) is 0 Å². The van der Waals surface area contributed by atoms with Crippen LogP contribution in [0.2, 0.25) is 0 Å². The minimum absolute atomic E-state index is 0.0524. The van der Waals surface area contributed by atoms with Crippen LogP contribution >= 0.6 is 0 Å². The summed E-state index contributed by atoms with van der Waals surface area (Å²) in [5, 5.41) is 0. The molecule has 3 nitrogen and oxygen atoms in total. The maximum absolute atomic E-state index is 11.8. The van der Waals surface area contributed by atoms with Crippen molar-refractivity contribution in [2.24, 2.45) is 5.92 Å². The molecule has 4 rings (SSSR count). The van der Waals surface area contributed by atoms with Gasteiger partial charge in [-0.1, -0.05) is 67.8 Å². The molecule has 170 valence electrons. The largest absolute Gasteiger partial charge is 0.469 e. The van der Waals surface area contributed by atoms with Crippen molar-refractivity contribution in [3.05, 3.63) is 59.7 Å². The lowest BCUT2D eigenvalue weighted by Crippen LogP contribution is -2.29. The SMILES string of the molecule is COC(=O)C1CCC(c2ccc(-c3ccc(C4(CCC=O)CCCCC4)cc3)cc2)CC1. The number of rotatable bonds is 7. The topological polar surface area (TPSA) is 43.4 Å². The van der Waals surface area contributed by atoms with Crippen molar-refractivity contribution in [2.45, 2.75) is 82.0 Å². The van der Waals surface area contributed by atoms with Crippen LogP contribution in [0.15, 0.2) is 48.5 Å². The second-order valence-electron chi connectivity index (χ2n) is 9.82. The Hall–Kier alpha value is -2.42. The zero-order valence-electron chi connectivity index (χ0n) is 19.4. The Morgan fingerprint density at radius 2 is 1.50 bits per heavy atom. The van der Waals surface area contributed by atoms with E-state index >= 15 is 0 Å². The van der Waals surface area contributed by atoms with E-state index in [0.29, 0.717) is 12.3 Å². The third-order valence-electron chi connectivity index (χ3n) is 8.03. The molecule has 0 unspecified atom stereocenters. The van der Waals surface area contributed by atoms with Gasteiger partial charge in [0, 0.05) is 6.42 Å². The van der Waals surface area contributed by atoms with Crippen LogP contribution in [0.1, 0.15) is 87.7 Å². The van der Waals surface area contributed by atoms with E-state index in [1.54, 1.807) is 0 Å². The molecular formula is C29H36O3. The fraction of sp³-hybridized carbons (Fsp3) is 0.517. The highest BCUT2D eigenvalue weighted by molar-refractivity contribution is 5.72. The molecule has 2 saturated carbocycles. The quantitative estimate of drug-likeness (QED) is 0.350. The minimum Gasteiger partial charge on any atom is -0.469 e. The van der Waals surface area contributed by atoms with Crippen LogP contribution < -0.4 is 0 Å². The average Bonchev–Trinajstić information content (AvgIpc) is 2.88. The van der Waals surface area contributed by atoms with Crippen LogP contribution in [-0.2, 0) is 19.7 Å². The second-order valence-corrected chi connectivity index (χ2v) is 9.82. The molecule has 2 aliphatic carbocycles. The van der Waals surface area contributed by atoms with E-state index in [9.17, 15) is 9.59 Å². The number of methoxy groups -OCH3 is 1. The first kappa shape index (κ1) is 22.8. The smallest absolute Gasteiger partial charge is 0.308 e. The van der Waals surface area contributed by atoms with Gasteiger partial charge in [0.15, 0.2) is 0 Å². The number of carbonyl (C=O) groups excluding carboxylic acids is 2. The van der Waals surface area contributed by atoms with Gasteiger partial charge in [0.2, 0.25) is 0 Å². The van der Waals surface area contributed by atoms with E-state index in [1.165, 1.54) is 61.5 Å². The fourth-order valence-electron chi connectivity index (χ4n) is 6.04. The van der Waals surface area contributed by atoms with Gasteiger partial charge in [-0.2, -0.15) is 0 Å². The van der Waals surface area contributed by atoms with Crippen molar-refractivity contribution < 1.29 is 14.3 Å². The summed E-state index contributed by atoms with van der Waals surface area (Å²) in [4.78, 5) is 22.8. The Morgan fingerprint density at radius 3 is 2.06 bits per heavy atom. The summed E-state index contributed by atoms with van der Waals surface area (Å²) in [6.45, 7) is 0. The molecule has 2 fully saturated rings. The van der Waals surface area contributed by atoms with Crippen molar-refractivity contribution in [3.63, 3.8) is 0 Å². The summed E-state index contributed by atoms with van der Waals surface area (Å²) >= 11 is 0. The molecule has 0 saturated heterocycles. The van der Waals surface area contributed by atoms with Gasteiger partial charge < -0.3 is 9.53 Å². The summed E-state index contributed by atoms with van der Waals surface area (Å²) in [7, 11) is 1.49. The van der Waals surface area contributed by atoms with Crippen LogP contribution in [0.3, 0.4) is 0 Å². The van der Waals surface area contributed by atoms with E-state index < -0.39 is 0 Å². The Labute approximate surface area is 192 Å². The lowest BCUT2D eigenvalue weighted by atomic mass is 9.67.